The largest absolute Gasteiger partial charge is 0.356 e. The maximum absolute atomic E-state index is 11.7. The van der Waals surface area contributed by atoms with E-state index < -0.39 is 7.60 Å². The molecule has 0 spiro atoms. The molecule has 6 aromatic rings. The monoisotopic (exact) mass is 449 g/mol. The lowest BCUT2D eigenvalue weighted by Crippen LogP contribution is -2.12. The Bertz CT molecular complexity index is 1640. The van der Waals surface area contributed by atoms with Crippen molar-refractivity contribution in [3.63, 3.8) is 0 Å². The first-order valence-corrected chi connectivity index (χ1v) is 12.3. The number of para-hydroxylation sites is 1. The van der Waals surface area contributed by atoms with Crippen LogP contribution >= 0.6 is 7.60 Å². The molecule has 4 nitrogen and oxygen atoms in total. The molecule has 0 aliphatic rings. The van der Waals surface area contributed by atoms with Gasteiger partial charge in [-0.15, -0.1) is 0 Å². The van der Waals surface area contributed by atoms with E-state index in [4.69, 9.17) is 0 Å². The Hall–Kier alpha value is -3.69. The normalized spacial score (nSPS) is 12.1. The third-order valence-corrected chi connectivity index (χ3v) is 7.18. The Balaban J connectivity index is 1.65. The lowest BCUT2D eigenvalue weighted by atomic mass is 9.93. The zero-order valence-electron chi connectivity index (χ0n) is 17.6. The van der Waals surface area contributed by atoms with Gasteiger partial charge in [0.15, 0.2) is 0 Å². The summed E-state index contributed by atoms with van der Waals surface area (Å²) in [5.41, 5.74) is 2.81. The number of hydrogen-bond acceptors (Lipinski definition) is 2. The fourth-order valence-corrected chi connectivity index (χ4v) is 5.25. The minimum Gasteiger partial charge on any atom is -0.321 e. The van der Waals surface area contributed by atoms with E-state index in [0.717, 1.165) is 22.4 Å². The summed E-state index contributed by atoms with van der Waals surface area (Å²) in [5, 5.41) is 7.20. The number of benzene rings is 6. The van der Waals surface area contributed by atoms with Crippen LogP contribution in [-0.2, 0) is 4.57 Å². The molecule has 0 heterocycles. The van der Waals surface area contributed by atoms with Crippen molar-refractivity contribution in [1.82, 2.24) is 0 Å². The van der Waals surface area contributed by atoms with Gasteiger partial charge in [0.25, 0.3) is 0 Å². The van der Waals surface area contributed by atoms with Crippen LogP contribution < -0.4 is 10.2 Å². The van der Waals surface area contributed by atoms with Gasteiger partial charge in [0.1, 0.15) is 0 Å². The molecule has 6 rings (SSSR count). The third-order valence-electron chi connectivity index (χ3n) is 6.21. The highest BCUT2D eigenvalue weighted by molar-refractivity contribution is 7.60. The Morgan fingerprint density at radius 3 is 1.79 bits per heavy atom. The summed E-state index contributed by atoms with van der Waals surface area (Å²) in [6.45, 7) is 0. The van der Waals surface area contributed by atoms with Gasteiger partial charge in [-0.1, -0.05) is 66.7 Å². The van der Waals surface area contributed by atoms with Crippen LogP contribution in [0.5, 0.6) is 0 Å². The highest BCUT2D eigenvalue weighted by atomic mass is 31.2. The second-order valence-electron chi connectivity index (χ2n) is 8.17. The molecule has 0 atom stereocenters. The predicted octanol–water partition coefficient (Wildman–Crippen LogP) is 6.86. The van der Waals surface area contributed by atoms with Crippen molar-refractivity contribution in [1.29, 1.82) is 0 Å². The molecule has 2 N–H and O–H groups in total. The second kappa shape index (κ2) is 7.43. The first kappa shape index (κ1) is 20.0. The van der Waals surface area contributed by atoms with Crippen molar-refractivity contribution in [2.75, 3.05) is 4.90 Å². The van der Waals surface area contributed by atoms with Crippen LogP contribution in [0.2, 0.25) is 0 Å². The van der Waals surface area contributed by atoms with E-state index in [9.17, 15) is 14.4 Å². The predicted molar refractivity (Wildman–Crippen MR) is 137 cm³/mol. The molecule has 0 aromatic heterocycles. The van der Waals surface area contributed by atoms with E-state index in [2.05, 4.69) is 59.5 Å². The van der Waals surface area contributed by atoms with E-state index in [-0.39, 0.29) is 5.30 Å². The van der Waals surface area contributed by atoms with Gasteiger partial charge in [-0.2, -0.15) is 0 Å². The lowest BCUT2D eigenvalue weighted by Gasteiger charge is -2.27. The van der Waals surface area contributed by atoms with Crippen LogP contribution in [0.15, 0.2) is 109 Å². The van der Waals surface area contributed by atoms with Crippen LogP contribution in [-0.4, -0.2) is 9.79 Å². The quantitative estimate of drug-likeness (QED) is 0.228. The van der Waals surface area contributed by atoms with Crippen LogP contribution in [0.4, 0.5) is 17.1 Å². The van der Waals surface area contributed by atoms with Gasteiger partial charge in [0, 0.05) is 16.8 Å². The zero-order chi connectivity index (χ0) is 22.6. The molecule has 0 fully saturated rings. The zero-order valence-corrected chi connectivity index (χ0v) is 18.5. The first-order valence-electron chi connectivity index (χ1n) is 10.7. The van der Waals surface area contributed by atoms with Crippen LogP contribution in [0.1, 0.15) is 0 Å². The summed E-state index contributed by atoms with van der Waals surface area (Å²) >= 11 is 0. The summed E-state index contributed by atoms with van der Waals surface area (Å²) < 4.78 is 11.7. The van der Waals surface area contributed by atoms with Crippen molar-refractivity contribution in [3.05, 3.63) is 109 Å². The Morgan fingerprint density at radius 2 is 1.12 bits per heavy atom. The van der Waals surface area contributed by atoms with E-state index >= 15 is 0 Å². The number of nitrogens with zero attached hydrogens (tertiary/aromatic N) is 1. The standard InChI is InChI=1S/C28H20NO3P/c30-33(31,32)24-15-13-23(14-16-24)29(22-7-2-1-3-8-22)26-18-12-21-10-9-19-5-4-6-20-11-17-25(26)28(21)27(19)20/h1-18H,(H2,30,31,32). The summed E-state index contributed by atoms with van der Waals surface area (Å²) in [4.78, 5) is 21.2. The molecule has 160 valence electrons. The number of anilines is 3. The van der Waals surface area contributed by atoms with Gasteiger partial charge in [-0.25, -0.2) is 0 Å². The molecule has 0 amide bonds. The van der Waals surface area contributed by atoms with Gasteiger partial charge in [0.2, 0.25) is 0 Å². The highest BCUT2D eigenvalue weighted by Crippen LogP contribution is 2.44. The van der Waals surface area contributed by atoms with Crippen molar-refractivity contribution < 1.29 is 14.4 Å². The van der Waals surface area contributed by atoms with Crippen molar-refractivity contribution in [2.24, 2.45) is 0 Å². The number of hydrogen-bond donors (Lipinski definition) is 2. The SMILES string of the molecule is O=P(O)(O)c1ccc(N(c2ccccc2)c2ccc3ccc4cccc5ccc2c3c45)cc1. The lowest BCUT2D eigenvalue weighted by molar-refractivity contribution is 0.387. The smallest absolute Gasteiger partial charge is 0.321 e. The van der Waals surface area contributed by atoms with E-state index in [1.54, 1.807) is 12.1 Å². The fourth-order valence-electron chi connectivity index (χ4n) is 4.72. The van der Waals surface area contributed by atoms with Gasteiger partial charge < -0.3 is 14.7 Å². The minimum atomic E-state index is -4.31. The van der Waals surface area contributed by atoms with Crippen molar-refractivity contribution >= 4 is 62.3 Å². The number of rotatable bonds is 4. The molecule has 0 aliphatic carbocycles. The second-order valence-corrected chi connectivity index (χ2v) is 9.78. The molecule has 0 aliphatic heterocycles. The first-order chi connectivity index (χ1) is 16.0. The maximum Gasteiger partial charge on any atom is 0.356 e. The fraction of sp³-hybridized carbons (Fsp3) is 0. The molecule has 0 saturated carbocycles. The molecule has 33 heavy (non-hydrogen) atoms. The Morgan fingerprint density at radius 1 is 0.545 bits per heavy atom. The van der Waals surface area contributed by atoms with Crippen molar-refractivity contribution in [2.45, 2.75) is 0 Å². The van der Waals surface area contributed by atoms with Crippen LogP contribution in [0, 0.1) is 0 Å². The summed E-state index contributed by atoms with van der Waals surface area (Å²) in [5.74, 6) is 0. The van der Waals surface area contributed by atoms with Gasteiger partial charge >= 0.3 is 7.60 Å². The van der Waals surface area contributed by atoms with E-state index in [1.807, 2.05) is 30.3 Å². The molecular formula is C28H20NO3P. The molecular weight excluding hydrogens is 429 g/mol. The third kappa shape index (κ3) is 3.28. The van der Waals surface area contributed by atoms with Gasteiger partial charge in [-0.05, 0) is 69.4 Å². The molecule has 0 saturated heterocycles. The average molecular weight is 449 g/mol. The molecule has 0 radical (unpaired) electrons. The summed E-state index contributed by atoms with van der Waals surface area (Å²) in [6, 6.07) is 35.8. The summed E-state index contributed by atoms with van der Waals surface area (Å²) in [7, 11) is -4.31. The van der Waals surface area contributed by atoms with Crippen molar-refractivity contribution in [3.8, 4) is 0 Å². The van der Waals surface area contributed by atoms with Crippen LogP contribution in [0.25, 0.3) is 32.3 Å². The van der Waals surface area contributed by atoms with E-state index in [0.29, 0.717) is 0 Å². The molecule has 0 bridgehead atoms. The maximum atomic E-state index is 11.7. The highest BCUT2D eigenvalue weighted by Gasteiger charge is 2.20. The molecule has 0 unspecified atom stereocenters. The molecule has 5 heteroatoms. The minimum absolute atomic E-state index is 0.00893. The van der Waals surface area contributed by atoms with Crippen LogP contribution in [0.3, 0.4) is 0 Å². The Labute approximate surface area is 190 Å². The summed E-state index contributed by atoms with van der Waals surface area (Å²) in [6.07, 6.45) is 0. The van der Waals surface area contributed by atoms with E-state index in [1.165, 1.54) is 39.1 Å². The molecule has 6 aromatic carbocycles. The van der Waals surface area contributed by atoms with Gasteiger partial charge in [-0.3, -0.25) is 4.57 Å². The topological polar surface area (TPSA) is 60.8 Å². The van der Waals surface area contributed by atoms with Gasteiger partial charge in [0.05, 0.1) is 11.0 Å². The average Bonchev–Trinajstić information content (AvgIpc) is 2.84. The Kier molecular flexibility index (Phi) is 4.49.